The molecule has 13 heavy (non-hydrogen) atoms. The van der Waals surface area contributed by atoms with Gasteiger partial charge in [-0.25, -0.2) is 0 Å². The lowest BCUT2D eigenvalue weighted by Crippen LogP contribution is -2.32. The van der Waals surface area contributed by atoms with Gasteiger partial charge in [-0.05, 0) is 25.2 Å². The fraction of sp³-hybridized carbons (Fsp3) is 0.900. The number of alkyl halides is 1. The Hall–Kier alpha value is -0.240. The summed E-state index contributed by atoms with van der Waals surface area (Å²) in [5, 5.41) is 2.93. The summed E-state index contributed by atoms with van der Waals surface area (Å²) in [6, 6.07) is 0. The van der Waals surface area contributed by atoms with Gasteiger partial charge < -0.3 is 5.32 Å². The van der Waals surface area contributed by atoms with E-state index in [2.05, 4.69) is 12.2 Å². The normalized spacial score (nSPS) is 27.5. The monoisotopic (exact) mass is 203 g/mol. The summed E-state index contributed by atoms with van der Waals surface area (Å²) in [5.74, 6) is 1.68. The molecule has 2 unspecified atom stereocenters. The van der Waals surface area contributed by atoms with Gasteiger partial charge in [-0.2, -0.15) is 0 Å². The summed E-state index contributed by atoms with van der Waals surface area (Å²) in [4.78, 5) is 11.6. The SMILES string of the molecule is CC1CCCC1C(=O)NCCCCl. The zero-order valence-electron chi connectivity index (χ0n) is 8.18. The smallest absolute Gasteiger partial charge is 0.223 e. The standard InChI is InChI=1S/C10H18ClNO/c1-8-4-2-5-9(8)10(13)12-7-3-6-11/h8-9H,2-7H2,1H3,(H,12,13). The van der Waals surface area contributed by atoms with E-state index < -0.39 is 0 Å². The van der Waals surface area contributed by atoms with Crippen LogP contribution in [0.3, 0.4) is 0 Å². The van der Waals surface area contributed by atoms with Crippen LogP contribution in [0.15, 0.2) is 0 Å². The molecular weight excluding hydrogens is 186 g/mol. The Bertz CT molecular complexity index is 172. The Morgan fingerprint density at radius 2 is 2.31 bits per heavy atom. The number of hydrogen-bond acceptors (Lipinski definition) is 1. The van der Waals surface area contributed by atoms with Gasteiger partial charge in [-0.1, -0.05) is 13.3 Å². The average Bonchev–Trinajstić information content (AvgIpc) is 2.52. The molecule has 0 aliphatic heterocycles. The van der Waals surface area contributed by atoms with Crippen molar-refractivity contribution in [3.8, 4) is 0 Å². The summed E-state index contributed by atoms with van der Waals surface area (Å²) in [5.41, 5.74) is 0. The topological polar surface area (TPSA) is 29.1 Å². The maximum absolute atomic E-state index is 11.6. The summed E-state index contributed by atoms with van der Waals surface area (Å²) in [6.45, 7) is 2.89. The lowest BCUT2D eigenvalue weighted by molar-refractivity contribution is -0.125. The molecule has 2 nitrogen and oxygen atoms in total. The third-order valence-electron chi connectivity index (χ3n) is 2.81. The van der Waals surface area contributed by atoms with E-state index in [9.17, 15) is 4.79 Å². The lowest BCUT2D eigenvalue weighted by atomic mass is 9.97. The Morgan fingerprint density at radius 1 is 1.54 bits per heavy atom. The summed E-state index contributed by atoms with van der Waals surface area (Å²) in [6.07, 6.45) is 4.34. The summed E-state index contributed by atoms with van der Waals surface area (Å²) in [7, 11) is 0. The molecule has 2 atom stereocenters. The molecular formula is C10H18ClNO. The van der Waals surface area contributed by atoms with E-state index >= 15 is 0 Å². The van der Waals surface area contributed by atoms with Gasteiger partial charge in [0.2, 0.25) is 5.91 Å². The number of carbonyl (C=O) groups excluding carboxylic acids is 1. The van der Waals surface area contributed by atoms with Gasteiger partial charge >= 0.3 is 0 Å². The third kappa shape index (κ3) is 3.18. The molecule has 1 rings (SSSR count). The second-order valence-electron chi connectivity index (χ2n) is 3.85. The molecule has 0 aromatic rings. The highest BCUT2D eigenvalue weighted by molar-refractivity contribution is 6.17. The van der Waals surface area contributed by atoms with E-state index in [0.717, 1.165) is 19.4 Å². The lowest BCUT2D eigenvalue weighted by Gasteiger charge is -2.14. The number of halogens is 1. The molecule has 1 aliphatic rings. The van der Waals surface area contributed by atoms with E-state index in [1.807, 2.05) is 0 Å². The van der Waals surface area contributed by atoms with Crippen LogP contribution in [0, 0.1) is 11.8 Å². The molecule has 3 heteroatoms. The van der Waals surface area contributed by atoms with Crippen LogP contribution < -0.4 is 5.32 Å². The summed E-state index contributed by atoms with van der Waals surface area (Å²) >= 11 is 5.52. The minimum atomic E-state index is 0.232. The molecule has 0 aromatic carbocycles. The molecule has 1 saturated carbocycles. The number of nitrogens with one attached hydrogen (secondary N) is 1. The Morgan fingerprint density at radius 3 is 2.85 bits per heavy atom. The van der Waals surface area contributed by atoms with Gasteiger partial charge in [0.25, 0.3) is 0 Å². The van der Waals surface area contributed by atoms with Gasteiger partial charge in [0.05, 0.1) is 0 Å². The second-order valence-corrected chi connectivity index (χ2v) is 4.23. The zero-order chi connectivity index (χ0) is 9.68. The van der Waals surface area contributed by atoms with Crippen molar-refractivity contribution in [3.05, 3.63) is 0 Å². The first-order valence-corrected chi connectivity index (χ1v) is 5.63. The first-order valence-electron chi connectivity index (χ1n) is 5.09. The van der Waals surface area contributed by atoms with E-state index in [-0.39, 0.29) is 11.8 Å². The van der Waals surface area contributed by atoms with Crippen LogP contribution in [0.25, 0.3) is 0 Å². The van der Waals surface area contributed by atoms with Crippen molar-refractivity contribution in [2.75, 3.05) is 12.4 Å². The van der Waals surface area contributed by atoms with Crippen LogP contribution in [0.1, 0.15) is 32.6 Å². The Kier molecular flexibility index (Phi) is 4.57. The molecule has 0 radical (unpaired) electrons. The van der Waals surface area contributed by atoms with Gasteiger partial charge in [0, 0.05) is 18.3 Å². The van der Waals surface area contributed by atoms with E-state index in [0.29, 0.717) is 11.8 Å². The highest BCUT2D eigenvalue weighted by Gasteiger charge is 2.28. The van der Waals surface area contributed by atoms with Crippen molar-refractivity contribution >= 4 is 17.5 Å². The molecule has 1 amide bonds. The van der Waals surface area contributed by atoms with E-state index in [1.165, 1.54) is 12.8 Å². The fourth-order valence-electron chi connectivity index (χ4n) is 1.94. The van der Waals surface area contributed by atoms with Crippen LogP contribution in [0.5, 0.6) is 0 Å². The second kappa shape index (κ2) is 5.48. The van der Waals surface area contributed by atoms with Gasteiger partial charge in [-0.3, -0.25) is 4.79 Å². The van der Waals surface area contributed by atoms with Crippen molar-refractivity contribution in [2.24, 2.45) is 11.8 Å². The predicted molar refractivity (Wildman–Crippen MR) is 54.9 cm³/mol. The van der Waals surface area contributed by atoms with Crippen LogP contribution in [-0.2, 0) is 4.79 Å². The first-order chi connectivity index (χ1) is 6.25. The third-order valence-corrected chi connectivity index (χ3v) is 3.08. The average molecular weight is 204 g/mol. The van der Waals surface area contributed by atoms with E-state index in [4.69, 9.17) is 11.6 Å². The highest BCUT2D eigenvalue weighted by Crippen LogP contribution is 2.30. The minimum absolute atomic E-state index is 0.232. The summed E-state index contributed by atoms with van der Waals surface area (Å²) < 4.78 is 0. The quantitative estimate of drug-likeness (QED) is 0.551. The molecule has 76 valence electrons. The van der Waals surface area contributed by atoms with Crippen LogP contribution >= 0.6 is 11.6 Å². The van der Waals surface area contributed by atoms with Crippen molar-refractivity contribution in [1.29, 1.82) is 0 Å². The van der Waals surface area contributed by atoms with Crippen molar-refractivity contribution < 1.29 is 4.79 Å². The molecule has 1 aliphatic carbocycles. The van der Waals surface area contributed by atoms with Crippen LogP contribution in [0.4, 0.5) is 0 Å². The maximum Gasteiger partial charge on any atom is 0.223 e. The van der Waals surface area contributed by atoms with Crippen LogP contribution in [0.2, 0.25) is 0 Å². The van der Waals surface area contributed by atoms with Crippen LogP contribution in [-0.4, -0.2) is 18.3 Å². The maximum atomic E-state index is 11.6. The Balaban J connectivity index is 2.22. The largest absolute Gasteiger partial charge is 0.356 e. The van der Waals surface area contributed by atoms with Gasteiger partial charge in [0.1, 0.15) is 0 Å². The number of rotatable bonds is 4. The molecule has 1 N–H and O–H groups in total. The number of amides is 1. The molecule has 0 saturated heterocycles. The van der Waals surface area contributed by atoms with Crippen molar-refractivity contribution in [2.45, 2.75) is 32.6 Å². The number of hydrogen-bond donors (Lipinski definition) is 1. The Labute approximate surface area is 85.0 Å². The highest BCUT2D eigenvalue weighted by atomic mass is 35.5. The molecule has 0 bridgehead atoms. The van der Waals surface area contributed by atoms with Crippen molar-refractivity contribution in [1.82, 2.24) is 5.32 Å². The first kappa shape index (κ1) is 10.8. The van der Waals surface area contributed by atoms with Crippen molar-refractivity contribution in [3.63, 3.8) is 0 Å². The molecule has 1 fully saturated rings. The number of carbonyl (C=O) groups is 1. The molecule has 0 aromatic heterocycles. The predicted octanol–water partition coefficient (Wildman–Crippen LogP) is 2.17. The zero-order valence-corrected chi connectivity index (χ0v) is 8.94. The minimum Gasteiger partial charge on any atom is -0.356 e. The van der Waals surface area contributed by atoms with E-state index in [1.54, 1.807) is 0 Å². The van der Waals surface area contributed by atoms with Gasteiger partial charge in [0.15, 0.2) is 0 Å². The van der Waals surface area contributed by atoms with Gasteiger partial charge in [-0.15, -0.1) is 11.6 Å². The fourth-order valence-corrected chi connectivity index (χ4v) is 2.08. The molecule has 0 spiro atoms. The molecule has 0 heterocycles.